The fourth-order valence-corrected chi connectivity index (χ4v) is 5.52. The minimum Gasteiger partial charge on any atom is -0.308 e. The van der Waals surface area contributed by atoms with Crippen molar-refractivity contribution in [3.63, 3.8) is 0 Å². The number of nitrogens with zero attached hydrogens (tertiary/aromatic N) is 2. The summed E-state index contributed by atoms with van der Waals surface area (Å²) in [5.41, 5.74) is 3.47. The van der Waals surface area contributed by atoms with E-state index in [1.54, 1.807) is 27.4 Å². The molecule has 27 heavy (non-hydrogen) atoms. The lowest BCUT2D eigenvalue weighted by molar-refractivity contribution is 0.0985. The molecular weight excluding hydrogens is 360 g/mol. The fraction of sp³-hybridized carbons (Fsp3) is 0.381. The van der Waals surface area contributed by atoms with Crippen molar-refractivity contribution in [1.29, 1.82) is 0 Å². The van der Waals surface area contributed by atoms with Crippen molar-refractivity contribution in [3.8, 4) is 0 Å². The molecule has 0 spiro atoms. The number of amides is 1. The van der Waals surface area contributed by atoms with Crippen molar-refractivity contribution >= 4 is 21.6 Å². The number of aryl methyl sites for hydroxylation is 2. The van der Waals surface area contributed by atoms with Crippen LogP contribution in [0.2, 0.25) is 0 Å². The molecule has 142 valence electrons. The first-order valence-corrected chi connectivity index (χ1v) is 10.9. The second kappa shape index (κ2) is 7.09. The molecule has 4 rings (SSSR count). The molecule has 0 radical (unpaired) electrons. The number of benzene rings is 2. The lowest BCUT2D eigenvalue weighted by atomic mass is 10.0. The third kappa shape index (κ3) is 3.39. The maximum absolute atomic E-state index is 13.0. The summed E-state index contributed by atoms with van der Waals surface area (Å²) in [6.45, 7) is 3.81. The Labute approximate surface area is 160 Å². The molecule has 2 aromatic rings. The van der Waals surface area contributed by atoms with E-state index >= 15 is 0 Å². The summed E-state index contributed by atoms with van der Waals surface area (Å²) in [5.74, 6) is -0.0326. The smallest absolute Gasteiger partial charge is 0.258 e. The zero-order chi connectivity index (χ0) is 19.0. The van der Waals surface area contributed by atoms with E-state index in [1.807, 2.05) is 31.2 Å². The number of sulfonamides is 1. The van der Waals surface area contributed by atoms with Gasteiger partial charge in [-0.1, -0.05) is 17.7 Å². The topological polar surface area (TPSA) is 57.7 Å². The molecule has 0 N–H and O–H groups in total. The summed E-state index contributed by atoms with van der Waals surface area (Å²) in [6.07, 6.45) is 3.46. The number of rotatable bonds is 3. The molecule has 0 saturated carbocycles. The average Bonchev–Trinajstić information content (AvgIpc) is 3.22. The standard InChI is InChI=1S/C21H24N2O3S/c1-16-6-4-7-18(14-16)21(24)23-13-5-8-17-15-19(9-10-20(17)23)27(25,26)22-11-2-3-12-22/h4,6-7,9-10,14-15H,2-3,5,8,11-13H2,1H3. The summed E-state index contributed by atoms with van der Waals surface area (Å²) in [5, 5.41) is 0. The normalized spacial score (nSPS) is 17.7. The Morgan fingerprint density at radius 3 is 2.48 bits per heavy atom. The van der Waals surface area contributed by atoms with Crippen LogP contribution < -0.4 is 4.90 Å². The van der Waals surface area contributed by atoms with Gasteiger partial charge in [0.25, 0.3) is 5.91 Å². The van der Waals surface area contributed by atoms with E-state index in [4.69, 9.17) is 0 Å². The van der Waals surface area contributed by atoms with Crippen molar-refractivity contribution in [2.75, 3.05) is 24.5 Å². The summed E-state index contributed by atoms with van der Waals surface area (Å²) in [4.78, 5) is 15.1. The number of hydrogen-bond acceptors (Lipinski definition) is 3. The van der Waals surface area contributed by atoms with Crippen LogP contribution in [0, 0.1) is 6.92 Å². The Balaban J connectivity index is 1.67. The van der Waals surface area contributed by atoms with E-state index in [0.29, 0.717) is 30.1 Å². The third-order valence-electron chi connectivity index (χ3n) is 5.38. The Hall–Kier alpha value is -2.18. The molecule has 1 amide bonds. The van der Waals surface area contributed by atoms with Crippen LogP contribution >= 0.6 is 0 Å². The number of fused-ring (bicyclic) bond motifs is 1. The summed E-state index contributed by atoms with van der Waals surface area (Å²) < 4.78 is 27.2. The monoisotopic (exact) mass is 384 g/mol. The van der Waals surface area contributed by atoms with E-state index in [2.05, 4.69) is 0 Å². The molecule has 0 unspecified atom stereocenters. The molecule has 2 heterocycles. The van der Waals surface area contributed by atoms with Gasteiger partial charge in [0.05, 0.1) is 4.90 Å². The Bertz CT molecular complexity index is 979. The summed E-state index contributed by atoms with van der Waals surface area (Å²) in [6, 6.07) is 12.8. The van der Waals surface area contributed by atoms with Crippen molar-refractivity contribution < 1.29 is 13.2 Å². The second-order valence-corrected chi connectivity index (χ2v) is 9.27. The fourth-order valence-electron chi connectivity index (χ4n) is 3.96. The lowest BCUT2D eigenvalue weighted by Gasteiger charge is -2.30. The molecular formula is C21H24N2O3S. The van der Waals surface area contributed by atoms with E-state index < -0.39 is 10.0 Å². The largest absolute Gasteiger partial charge is 0.308 e. The predicted molar refractivity (Wildman–Crippen MR) is 106 cm³/mol. The van der Waals surface area contributed by atoms with E-state index in [9.17, 15) is 13.2 Å². The summed E-state index contributed by atoms with van der Waals surface area (Å²) >= 11 is 0. The van der Waals surface area contributed by atoms with Crippen LogP contribution in [0.4, 0.5) is 5.69 Å². The van der Waals surface area contributed by atoms with Gasteiger partial charge >= 0.3 is 0 Å². The molecule has 5 nitrogen and oxygen atoms in total. The molecule has 0 atom stereocenters. The van der Waals surface area contributed by atoms with Gasteiger partial charge in [0.15, 0.2) is 0 Å². The molecule has 2 aliphatic heterocycles. The highest BCUT2D eigenvalue weighted by molar-refractivity contribution is 7.89. The minimum absolute atomic E-state index is 0.0326. The average molecular weight is 385 g/mol. The Kier molecular flexibility index (Phi) is 4.78. The van der Waals surface area contributed by atoms with Crippen LogP contribution in [0.15, 0.2) is 47.4 Å². The maximum Gasteiger partial charge on any atom is 0.258 e. The van der Waals surface area contributed by atoms with Crippen LogP contribution in [0.1, 0.15) is 40.7 Å². The van der Waals surface area contributed by atoms with Crippen LogP contribution in [0.3, 0.4) is 0 Å². The zero-order valence-corrected chi connectivity index (χ0v) is 16.3. The predicted octanol–water partition coefficient (Wildman–Crippen LogP) is 3.37. The number of carbonyl (C=O) groups excluding carboxylic acids is 1. The van der Waals surface area contributed by atoms with Gasteiger partial charge in [0.2, 0.25) is 10.0 Å². The highest BCUT2D eigenvalue weighted by Crippen LogP contribution is 2.32. The van der Waals surface area contributed by atoms with Crippen LogP contribution in [-0.4, -0.2) is 38.3 Å². The zero-order valence-electron chi connectivity index (χ0n) is 15.5. The molecule has 0 aromatic heterocycles. The number of anilines is 1. The quantitative estimate of drug-likeness (QED) is 0.815. The third-order valence-corrected chi connectivity index (χ3v) is 7.28. The molecule has 6 heteroatoms. The van der Waals surface area contributed by atoms with Gasteiger partial charge in [0, 0.05) is 30.9 Å². The van der Waals surface area contributed by atoms with Crippen LogP contribution in [0.25, 0.3) is 0 Å². The van der Waals surface area contributed by atoms with Crippen LogP contribution in [0.5, 0.6) is 0 Å². The number of carbonyl (C=O) groups is 1. The lowest BCUT2D eigenvalue weighted by Crippen LogP contribution is -2.35. The highest BCUT2D eigenvalue weighted by Gasteiger charge is 2.30. The molecule has 2 aromatic carbocycles. The maximum atomic E-state index is 13.0. The Morgan fingerprint density at radius 2 is 1.74 bits per heavy atom. The highest BCUT2D eigenvalue weighted by atomic mass is 32.2. The SMILES string of the molecule is Cc1cccc(C(=O)N2CCCc3cc(S(=O)(=O)N4CCCC4)ccc32)c1. The van der Waals surface area contributed by atoms with Gasteiger partial charge in [-0.3, -0.25) is 4.79 Å². The van der Waals surface area contributed by atoms with Gasteiger partial charge in [-0.15, -0.1) is 0 Å². The molecule has 0 aliphatic carbocycles. The number of hydrogen-bond donors (Lipinski definition) is 0. The van der Waals surface area contributed by atoms with E-state index in [1.165, 1.54) is 0 Å². The van der Waals surface area contributed by atoms with E-state index in [0.717, 1.165) is 42.5 Å². The second-order valence-electron chi connectivity index (χ2n) is 7.33. The van der Waals surface area contributed by atoms with Crippen molar-refractivity contribution in [3.05, 3.63) is 59.2 Å². The van der Waals surface area contributed by atoms with Crippen molar-refractivity contribution in [2.24, 2.45) is 0 Å². The van der Waals surface area contributed by atoms with Crippen molar-refractivity contribution in [1.82, 2.24) is 4.31 Å². The Morgan fingerprint density at radius 1 is 0.963 bits per heavy atom. The van der Waals surface area contributed by atoms with Crippen LogP contribution in [-0.2, 0) is 16.4 Å². The minimum atomic E-state index is -3.44. The first kappa shape index (κ1) is 18.2. The van der Waals surface area contributed by atoms with Gasteiger partial charge in [-0.2, -0.15) is 4.31 Å². The summed E-state index contributed by atoms with van der Waals surface area (Å²) in [7, 11) is -3.44. The molecule has 0 bridgehead atoms. The van der Waals surface area contributed by atoms with Gasteiger partial charge in [0.1, 0.15) is 0 Å². The van der Waals surface area contributed by atoms with E-state index in [-0.39, 0.29) is 5.91 Å². The first-order chi connectivity index (χ1) is 13.0. The first-order valence-electron chi connectivity index (χ1n) is 9.48. The van der Waals surface area contributed by atoms with Gasteiger partial charge < -0.3 is 4.90 Å². The van der Waals surface area contributed by atoms with Gasteiger partial charge in [-0.25, -0.2) is 8.42 Å². The van der Waals surface area contributed by atoms with Gasteiger partial charge in [-0.05, 0) is 68.5 Å². The molecule has 1 saturated heterocycles. The molecule has 2 aliphatic rings. The molecule has 1 fully saturated rings. The van der Waals surface area contributed by atoms with Crippen molar-refractivity contribution in [2.45, 2.75) is 37.5 Å².